The van der Waals surface area contributed by atoms with Crippen molar-refractivity contribution in [3.8, 4) is 0 Å². The summed E-state index contributed by atoms with van der Waals surface area (Å²) in [7, 11) is 0. The molecule has 0 aliphatic rings. The highest BCUT2D eigenvalue weighted by molar-refractivity contribution is 9.10. The van der Waals surface area contributed by atoms with Gasteiger partial charge in [-0.05, 0) is 40.5 Å². The highest BCUT2D eigenvalue weighted by Crippen LogP contribution is 2.19. The maximum Gasteiger partial charge on any atom is 0.137 e. The zero-order chi connectivity index (χ0) is 8.43. The standard InChI is InChI=1S/C8H8BrFO/c1-5(11)6-2-3-7(9)8(10)4-6/h2-5,11H,1H3/t5-/m0/s1. The van der Waals surface area contributed by atoms with Gasteiger partial charge in [-0.25, -0.2) is 4.39 Å². The number of aliphatic hydroxyl groups excluding tert-OH is 1. The van der Waals surface area contributed by atoms with Crippen molar-refractivity contribution in [3.05, 3.63) is 34.1 Å². The molecular weight excluding hydrogens is 211 g/mol. The molecule has 0 radical (unpaired) electrons. The molecule has 0 saturated carbocycles. The first-order valence-corrected chi connectivity index (χ1v) is 4.03. The molecule has 0 amide bonds. The first kappa shape index (κ1) is 8.68. The van der Waals surface area contributed by atoms with E-state index in [0.717, 1.165) is 0 Å². The molecule has 60 valence electrons. The number of hydrogen-bond acceptors (Lipinski definition) is 1. The fraction of sp³-hybridized carbons (Fsp3) is 0.250. The number of rotatable bonds is 1. The average molecular weight is 219 g/mol. The minimum absolute atomic E-state index is 0.344. The van der Waals surface area contributed by atoms with Crippen LogP contribution in [0.1, 0.15) is 18.6 Å². The molecule has 0 saturated heterocycles. The third-order valence-corrected chi connectivity index (χ3v) is 2.07. The normalized spacial score (nSPS) is 13.1. The smallest absolute Gasteiger partial charge is 0.137 e. The highest BCUT2D eigenvalue weighted by atomic mass is 79.9. The van der Waals surface area contributed by atoms with Crippen molar-refractivity contribution in [1.82, 2.24) is 0 Å². The van der Waals surface area contributed by atoms with Gasteiger partial charge in [0, 0.05) is 0 Å². The third-order valence-electron chi connectivity index (χ3n) is 1.43. The second-order valence-electron chi connectivity index (χ2n) is 2.35. The van der Waals surface area contributed by atoms with E-state index in [4.69, 9.17) is 5.11 Å². The van der Waals surface area contributed by atoms with Gasteiger partial charge in [0.2, 0.25) is 0 Å². The second kappa shape index (κ2) is 3.32. The topological polar surface area (TPSA) is 20.2 Å². The summed E-state index contributed by atoms with van der Waals surface area (Å²) in [5.41, 5.74) is 0.589. The lowest BCUT2D eigenvalue weighted by molar-refractivity contribution is 0.199. The Morgan fingerprint density at radius 3 is 2.64 bits per heavy atom. The Labute approximate surface area is 73.0 Å². The SMILES string of the molecule is C[C@H](O)c1ccc(Br)c(F)c1. The van der Waals surface area contributed by atoms with Crippen molar-refractivity contribution >= 4 is 15.9 Å². The summed E-state index contributed by atoms with van der Waals surface area (Å²) >= 11 is 3.02. The molecule has 1 aromatic rings. The molecule has 0 fully saturated rings. The molecule has 0 aromatic heterocycles. The maximum atomic E-state index is 12.8. The summed E-state index contributed by atoms with van der Waals surface area (Å²) in [5.74, 6) is -0.344. The number of aliphatic hydroxyl groups is 1. The van der Waals surface area contributed by atoms with E-state index in [1.165, 1.54) is 6.07 Å². The summed E-state index contributed by atoms with van der Waals surface area (Å²) in [6.45, 7) is 1.60. The van der Waals surface area contributed by atoms with E-state index in [1.54, 1.807) is 19.1 Å². The van der Waals surface area contributed by atoms with Crippen LogP contribution >= 0.6 is 15.9 Å². The van der Waals surface area contributed by atoms with Gasteiger partial charge in [-0.2, -0.15) is 0 Å². The molecule has 0 unspecified atom stereocenters. The Morgan fingerprint density at radius 1 is 1.55 bits per heavy atom. The van der Waals surface area contributed by atoms with Gasteiger partial charge in [0.15, 0.2) is 0 Å². The van der Waals surface area contributed by atoms with Crippen LogP contribution in [0, 0.1) is 5.82 Å². The van der Waals surface area contributed by atoms with Gasteiger partial charge in [0.25, 0.3) is 0 Å². The summed E-state index contributed by atoms with van der Waals surface area (Å²) in [6.07, 6.45) is -0.613. The fourth-order valence-corrected chi connectivity index (χ4v) is 1.02. The zero-order valence-corrected chi connectivity index (χ0v) is 7.60. The minimum atomic E-state index is -0.613. The number of hydrogen-bond donors (Lipinski definition) is 1. The molecule has 3 heteroatoms. The lowest BCUT2D eigenvalue weighted by atomic mass is 10.1. The van der Waals surface area contributed by atoms with Gasteiger partial charge < -0.3 is 5.11 Å². The Bertz CT molecular complexity index is 260. The fourth-order valence-electron chi connectivity index (χ4n) is 0.772. The van der Waals surface area contributed by atoms with E-state index in [2.05, 4.69) is 15.9 Å². The molecule has 0 bridgehead atoms. The summed E-state index contributed by atoms with van der Waals surface area (Å²) in [4.78, 5) is 0. The summed E-state index contributed by atoms with van der Waals surface area (Å²) in [6, 6.07) is 4.57. The highest BCUT2D eigenvalue weighted by Gasteiger charge is 2.03. The van der Waals surface area contributed by atoms with Crippen LogP contribution in [0.3, 0.4) is 0 Å². The lowest BCUT2D eigenvalue weighted by Gasteiger charge is -2.04. The lowest BCUT2D eigenvalue weighted by Crippen LogP contribution is -1.91. The van der Waals surface area contributed by atoms with Crippen LogP contribution in [0.25, 0.3) is 0 Å². The van der Waals surface area contributed by atoms with Crippen molar-refractivity contribution in [2.45, 2.75) is 13.0 Å². The van der Waals surface area contributed by atoms with Crippen LogP contribution in [-0.4, -0.2) is 5.11 Å². The van der Waals surface area contributed by atoms with Crippen molar-refractivity contribution in [1.29, 1.82) is 0 Å². The Morgan fingerprint density at radius 2 is 2.18 bits per heavy atom. The molecule has 0 heterocycles. The molecule has 1 atom stereocenters. The number of halogens is 2. The van der Waals surface area contributed by atoms with E-state index >= 15 is 0 Å². The summed E-state index contributed by atoms with van der Waals surface area (Å²) in [5, 5.41) is 9.06. The van der Waals surface area contributed by atoms with Gasteiger partial charge in [-0.15, -0.1) is 0 Å². The van der Waals surface area contributed by atoms with Gasteiger partial charge in [-0.1, -0.05) is 6.07 Å². The quantitative estimate of drug-likeness (QED) is 0.769. The molecule has 1 aromatic carbocycles. The van der Waals surface area contributed by atoms with Crippen molar-refractivity contribution in [2.75, 3.05) is 0 Å². The first-order valence-electron chi connectivity index (χ1n) is 3.24. The van der Waals surface area contributed by atoms with Crippen molar-refractivity contribution < 1.29 is 9.50 Å². The maximum absolute atomic E-state index is 12.8. The van der Waals surface area contributed by atoms with Crippen LogP contribution in [-0.2, 0) is 0 Å². The summed E-state index contributed by atoms with van der Waals surface area (Å²) < 4.78 is 13.2. The molecule has 0 spiro atoms. The Balaban J connectivity index is 3.05. The molecule has 1 nitrogen and oxygen atoms in total. The van der Waals surface area contributed by atoms with Crippen LogP contribution < -0.4 is 0 Å². The third kappa shape index (κ3) is 2.01. The predicted molar refractivity (Wildman–Crippen MR) is 44.7 cm³/mol. The van der Waals surface area contributed by atoms with Crippen LogP contribution in [0.15, 0.2) is 22.7 Å². The van der Waals surface area contributed by atoms with Crippen LogP contribution in [0.4, 0.5) is 4.39 Å². The van der Waals surface area contributed by atoms with Crippen LogP contribution in [0.2, 0.25) is 0 Å². The van der Waals surface area contributed by atoms with Gasteiger partial charge >= 0.3 is 0 Å². The van der Waals surface area contributed by atoms with E-state index in [1.807, 2.05) is 0 Å². The minimum Gasteiger partial charge on any atom is -0.389 e. The predicted octanol–water partition coefficient (Wildman–Crippen LogP) is 2.64. The van der Waals surface area contributed by atoms with E-state index in [0.29, 0.717) is 10.0 Å². The zero-order valence-electron chi connectivity index (χ0n) is 6.01. The molecular formula is C8H8BrFO. The van der Waals surface area contributed by atoms with Gasteiger partial charge in [0.05, 0.1) is 10.6 Å². The monoisotopic (exact) mass is 218 g/mol. The number of benzene rings is 1. The van der Waals surface area contributed by atoms with E-state index in [-0.39, 0.29) is 5.82 Å². The molecule has 0 aliphatic heterocycles. The van der Waals surface area contributed by atoms with Gasteiger partial charge in [0.1, 0.15) is 5.82 Å². The van der Waals surface area contributed by atoms with Gasteiger partial charge in [-0.3, -0.25) is 0 Å². The first-order chi connectivity index (χ1) is 5.11. The molecule has 1 rings (SSSR count). The average Bonchev–Trinajstić information content (AvgIpc) is 1.94. The van der Waals surface area contributed by atoms with Crippen molar-refractivity contribution in [3.63, 3.8) is 0 Å². The van der Waals surface area contributed by atoms with E-state index < -0.39 is 6.10 Å². The molecule has 0 aliphatic carbocycles. The van der Waals surface area contributed by atoms with Crippen molar-refractivity contribution in [2.24, 2.45) is 0 Å². The largest absolute Gasteiger partial charge is 0.389 e. The van der Waals surface area contributed by atoms with E-state index in [9.17, 15) is 4.39 Å². The Hall–Kier alpha value is -0.410. The molecule has 1 N–H and O–H groups in total. The second-order valence-corrected chi connectivity index (χ2v) is 3.20. The Kier molecular flexibility index (Phi) is 2.62. The van der Waals surface area contributed by atoms with Crippen LogP contribution in [0.5, 0.6) is 0 Å². The molecule has 11 heavy (non-hydrogen) atoms.